The Hall–Kier alpha value is -2.41. The topological polar surface area (TPSA) is 3.88 Å². The molecule has 1 saturated carbocycles. The highest BCUT2D eigenvalue weighted by molar-refractivity contribution is 5.70. The van der Waals surface area contributed by atoms with E-state index in [2.05, 4.69) is 0 Å². The summed E-state index contributed by atoms with van der Waals surface area (Å²) >= 11 is 0. The van der Waals surface area contributed by atoms with Crippen LogP contribution in [0.5, 0.6) is 0 Å². The molecule has 132 valence electrons. The molecule has 26 heavy (non-hydrogen) atoms. The molecule has 3 aromatic rings. The van der Waals surface area contributed by atoms with Crippen molar-refractivity contribution in [1.29, 1.82) is 0 Å². The minimum Gasteiger partial charge on any atom is -0.201 e. The molecule has 0 saturated heterocycles. The van der Waals surface area contributed by atoms with Gasteiger partial charge in [-0.1, -0.05) is 61.6 Å². The second-order valence-corrected chi connectivity index (χ2v) is 6.30. The van der Waals surface area contributed by atoms with Gasteiger partial charge in [0.1, 0.15) is 7.05 Å². The van der Waals surface area contributed by atoms with Gasteiger partial charge in [0.05, 0.1) is 0 Å². The van der Waals surface area contributed by atoms with E-state index in [0.29, 0.717) is 5.56 Å². The first kappa shape index (κ1) is 8.52. The molecule has 1 nitrogen and oxygen atoms in total. The summed E-state index contributed by atoms with van der Waals surface area (Å²) in [6.45, 7) is 2.01. The van der Waals surface area contributed by atoms with Gasteiger partial charge in [-0.15, -0.1) is 0 Å². The number of pyridine rings is 1. The molecule has 0 aliphatic heterocycles. The zero-order chi connectivity index (χ0) is 27.8. The van der Waals surface area contributed by atoms with Crippen molar-refractivity contribution in [1.82, 2.24) is 0 Å². The standard InChI is InChI=1S/C25H28N/c1-19-8-6-7-11-24(19)25-18-23(16-17-26(25)2)22-14-12-21(13-15-22)20-9-4-3-5-10-20/h6-8,11-18,20H,3-5,9-10H2,1-2H3/q+1/i3D2,4D2,5D2,9D2,10D2,20D. The number of nitrogens with zero attached hydrogens (tertiary/aromatic N) is 1. The molecule has 0 N–H and O–H groups in total. The molecule has 4 rings (SSSR count). The largest absolute Gasteiger partial charge is 0.213 e. The molecule has 1 heterocycles. The van der Waals surface area contributed by atoms with Gasteiger partial charge in [-0.2, -0.15) is 0 Å². The average molecular weight is 354 g/mol. The zero-order valence-corrected chi connectivity index (χ0v) is 14.8. The van der Waals surface area contributed by atoms with Crippen molar-refractivity contribution in [2.45, 2.75) is 44.7 Å². The molecule has 1 fully saturated rings. The van der Waals surface area contributed by atoms with Gasteiger partial charge in [-0.3, -0.25) is 0 Å². The van der Waals surface area contributed by atoms with Crippen molar-refractivity contribution in [3.8, 4) is 22.4 Å². The number of hydrogen-bond acceptors (Lipinski definition) is 0. The van der Waals surface area contributed by atoms with E-state index in [1.165, 1.54) is 12.1 Å². The van der Waals surface area contributed by atoms with Crippen molar-refractivity contribution in [2.75, 3.05) is 0 Å². The van der Waals surface area contributed by atoms with E-state index in [1.807, 2.05) is 61.1 Å². The highest BCUT2D eigenvalue weighted by Crippen LogP contribution is 2.34. The van der Waals surface area contributed by atoms with Crippen LogP contribution in [0.2, 0.25) is 0 Å². The summed E-state index contributed by atoms with van der Waals surface area (Å²) in [5, 5.41) is 0. The van der Waals surface area contributed by atoms with E-state index in [4.69, 9.17) is 15.1 Å². The Morgan fingerprint density at radius 3 is 2.38 bits per heavy atom. The second kappa shape index (κ2) is 7.45. The quantitative estimate of drug-likeness (QED) is 0.493. The third kappa shape index (κ3) is 3.44. The molecule has 0 bridgehead atoms. The van der Waals surface area contributed by atoms with Gasteiger partial charge in [0.25, 0.3) is 0 Å². The first-order valence-electron chi connectivity index (χ1n) is 14.0. The van der Waals surface area contributed by atoms with Crippen LogP contribution < -0.4 is 4.57 Å². The summed E-state index contributed by atoms with van der Waals surface area (Å²) in [7, 11) is 1.92. The van der Waals surface area contributed by atoms with Crippen LogP contribution in [-0.4, -0.2) is 0 Å². The number of hydrogen-bond donors (Lipinski definition) is 0. The molecule has 1 heteroatoms. The molecule has 0 unspecified atom stereocenters. The minimum atomic E-state index is -3.54. The first-order valence-corrected chi connectivity index (χ1v) is 8.53. The number of rotatable bonds is 3. The molecule has 1 aromatic heterocycles. The van der Waals surface area contributed by atoms with Gasteiger partial charge in [0.2, 0.25) is 5.69 Å². The molecule has 0 atom stereocenters. The number of benzene rings is 2. The van der Waals surface area contributed by atoms with Crippen molar-refractivity contribution in [3.63, 3.8) is 0 Å². The van der Waals surface area contributed by atoms with Crippen LogP contribution in [0.25, 0.3) is 22.4 Å². The van der Waals surface area contributed by atoms with Crippen molar-refractivity contribution in [2.24, 2.45) is 7.05 Å². The third-order valence-electron chi connectivity index (χ3n) is 4.58. The van der Waals surface area contributed by atoms with E-state index in [0.717, 1.165) is 22.4 Å². The van der Waals surface area contributed by atoms with Crippen LogP contribution >= 0.6 is 0 Å². The molecule has 2 aromatic carbocycles. The fourth-order valence-electron chi connectivity index (χ4n) is 3.10. The van der Waals surface area contributed by atoms with Crippen molar-refractivity contribution < 1.29 is 19.6 Å². The highest BCUT2D eigenvalue weighted by Gasteiger charge is 2.16. The number of aromatic nitrogens is 1. The lowest BCUT2D eigenvalue weighted by Gasteiger charge is -2.22. The van der Waals surface area contributed by atoms with E-state index in [9.17, 15) is 0 Å². The second-order valence-electron chi connectivity index (χ2n) is 6.30. The predicted molar refractivity (Wildman–Crippen MR) is 109 cm³/mol. The lowest BCUT2D eigenvalue weighted by Crippen LogP contribution is -2.30. The third-order valence-corrected chi connectivity index (χ3v) is 4.58. The Morgan fingerprint density at radius 2 is 1.65 bits per heavy atom. The van der Waals surface area contributed by atoms with E-state index < -0.39 is 37.8 Å². The van der Waals surface area contributed by atoms with Crippen molar-refractivity contribution >= 4 is 0 Å². The maximum atomic E-state index is 8.93. The Bertz CT molecular complexity index is 1320. The average Bonchev–Trinajstić information content (AvgIpc) is 2.83. The van der Waals surface area contributed by atoms with Gasteiger partial charge >= 0.3 is 0 Å². The fourth-order valence-corrected chi connectivity index (χ4v) is 3.10. The maximum absolute atomic E-state index is 8.93. The molecular weight excluding hydrogens is 314 g/mol. The van der Waals surface area contributed by atoms with Gasteiger partial charge in [-0.05, 0) is 53.9 Å². The summed E-state index contributed by atoms with van der Waals surface area (Å²) in [4.78, 5) is 0. The lowest BCUT2D eigenvalue weighted by molar-refractivity contribution is -0.660. The number of aryl methyl sites for hydroxylation is 2. The van der Waals surface area contributed by atoms with Crippen LogP contribution in [0.15, 0.2) is 66.9 Å². The van der Waals surface area contributed by atoms with Crippen molar-refractivity contribution in [3.05, 3.63) is 78.0 Å². The van der Waals surface area contributed by atoms with Gasteiger partial charge < -0.3 is 0 Å². The zero-order valence-electron chi connectivity index (χ0n) is 25.8. The lowest BCUT2D eigenvalue weighted by atomic mass is 9.84. The maximum Gasteiger partial charge on any atom is 0.213 e. The molecular formula is C25H28N+. The summed E-state index contributed by atoms with van der Waals surface area (Å²) in [5.74, 6) is -3.09. The smallest absolute Gasteiger partial charge is 0.201 e. The van der Waals surface area contributed by atoms with Crippen LogP contribution in [0.3, 0.4) is 0 Å². The van der Waals surface area contributed by atoms with E-state index >= 15 is 0 Å². The van der Waals surface area contributed by atoms with Crippen LogP contribution in [0.1, 0.15) is 64.0 Å². The van der Waals surface area contributed by atoms with Crippen LogP contribution in [0.4, 0.5) is 0 Å². The summed E-state index contributed by atoms with van der Waals surface area (Å²) < 4.78 is 93.4. The Balaban J connectivity index is 1.84. The Morgan fingerprint density at radius 1 is 0.923 bits per heavy atom. The van der Waals surface area contributed by atoms with E-state index in [-0.39, 0.29) is 5.56 Å². The summed E-state index contributed by atoms with van der Waals surface area (Å²) in [6, 6.07) is 17.5. The highest BCUT2D eigenvalue weighted by atomic mass is 14.9. The Labute approximate surface area is 172 Å². The van der Waals surface area contributed by atoms with Gasteiger partial charge in [-0.25, -0.2) is 4.57 Å². The SMILES string of the molecule is [2H]C1([2H])C([2H])([2H])C([2H])([2H])C([2H])(c2ccc(-c3cc[n+](C)c(-c4ccccc4C)c3)cc2)C([2H])([2H])C1([2H])[2H]. The minimum absolute atomic E-state index is 0.282. The monoisotopic (exact) mass is 353 g/mol. The molecule has 0 radical (unpaired) electrons. The predicted octanol–water partition coefficient (Wildman–Crippen LogP) is 6.20. The molecule has 0 amide bonds. The van der Waals surface area contributed by atoms with Crippen LogP contribution in [0, 0.1) is 6.92 Å². The van der Waals surface area contributed by atoms with E-state index in [1.54, 1.807) is 12.1 Å². The summed E-state index contributed by atoms with van der Waals surface area (Å²) in [5.41, 5.74) is 4.28. The normalized spacial score (nSPS) is 32.3. The van der Waals surface area contributed by atoms with Gasteiger partial charge in [0, 0.05) is 32.8 Å². The summed E-state index contributed by atoms with van der Waals surface area (Å²) in [6.07, 6.45) is -15.5. The Kier molecular flexibility index (Phi) is 2.44. The molecule has 1 aliphatic carbocycles. The fraction of sp³-hybridized carbons (Fsp3) is 0.320. The first-order chi connectivity index (χ1) is 16.9. The van der Waals surface area contributed by atoms with Crippen LogP contribution in [-0.2, 0) is 7.05 Å². The van der Waals surface area contributed by atoms with Gasteiger partial charge in [0.15, 0.2) is 6.20 Å². The molecule has 1 aliphatic rings. The molecule has 0 spiro atoms.